The minimum absolute atomic E-state index is 0.000827. The molecule has 2 rings (SSSR count). The van der Waals surface area contributed by atoms with Crippen LogP contribution in [0.4, 0.5) is 4.39 Å². The van der Waals surface area contributed by atoms with Crippen molar-refractivity contribution < 1.29 is 29.0 Å². The van der Waals surface area contributed by atoms with Gasteiger partial charge in [0.1, 0.15) is 12.4 Å². The highest BCUT2D eigenvalue weighted by atomic mass is 35.5. The third-order valence-corrected chi connectivity index (χ3v) is 3.95. The van der Waals surface area contributed by atoms with Gasteiger partial charge in [-0.2, -0.15) is 0 Å². The van der Waals surface area contributed by atoms with Crippen LogP contribution in [0.25, 0.3) is 0 Å². The van der Waals surface area contributed by atoms with E-state index in [2.05, 4.69) is 0 Å². The van der Waals surface area contributed by atoms with E-state index < -0.39 is 35.6 Å². The molecule has 124 valence electrons. The van der Waals surface area contributed by atoms with Gasteiger partial charge in [-0.25, -0.2) is 4.39 Å². The number of carboxylic acid groups (broad SMARTS) is 1. The first-order chi connectivity index (χ1) is 10.7. The summed E-state index contributed by atoms with van der Waals surface area (Å²) in [5.41, 5.74) is -1.73. The van der Waals surface area contributed by atoms with Crippen molar-refractivity contribution in [2.45, 2.75) is 24.9 Å². The van der Waals surface area contributed by atoms with E-state index in [0.29, 0.717) is 5.56 Å². The Morgan fingerprint density at radius 2 is 2.04 bits per heavy atom. The number of carbonyl (C=O) groups is 3. The smallest absolute Gasteiger partial charge is 0.323 e. The molecule has 0 saturated carbocycles. The van der Waals surface area contributed by atoms with Crippen molar-refractivity contribution in [3.05, 3.63) is 34.6 Å². The van der Waals surface area contributed by atoms with Crippen LogP contribution in [-0.2, 0) is 20.8 Å². The largest absolute Gasteiger partial charge is 0.480 e. The quantitative estimate of drug-likeness (QED) is 0.752. The zero-order chi connectivity index (χ0) is 17.2. The highest BCUT2D eigenvalue weighted by Crippen LogP contribution is 2.26. The molecule has 0 aliphatic carbocycles. The normalized spacial score (nSPS) is 20.8. The van der Waals surface area contributed by atoms with Gasteiger partial charge in [-0.3, -0.25) is 14.4 Å². The van der Waals surface area contributed by atoms with Crippen molar-refractivity contribution in [1.29, 1.82) is 0 Å². The first-order valence-corrected chi connectivity index (χ1v) is 7.32. The second-order valence-corrected chi connectivity index (χ2v) is 5.87. The summed E-state index contributed by atoms with van der Waals surface area (Å²) in [5, 5.41) is 19.2. The van der Waals surface area contributed by atoms with Crippen molar-refractivity contribution in [2.24, 2.45) is 0 Å². The Balaban J connectivity index is 2.02. The summed E-state index contributed by atoms with van der Waals surface area (Å²) < 4.78 is 13.2. The van der Waals surface area contributed by atoms with Crippen LogP contribution in [0.2, 0.25) is 5.02 Å². The second-order valence-electron chi connectivity index (χ2n) is 5.43. The molecule has 1 amide bonds. The first kappa shape index (κ1) is 17.4. The molecule has 6 nitrogen and oxygen atoms in total. The number of aliphatic hydroxyl groups is 1. The van der Waals surface area contributed by atoms with Gasteiger partial charge >= 0.3 is 5.97 Å². The second kappa shape index (κ2) is 6.64. The van der Waals surface area contributed by atoms with E-state index in [1.807, 2.05) is 0 Å². The fourth-order valence-corrected chi connectivity index (χ4v) is 2.80. The highest BCUT2D eigenvalue weighted by Gasteiger charge is 2.50. The van der Waals surface area contributed by atoms with Crippen molar-refractivity contribution in [1.82, 2.24) is 4.90 Å². The Hall–Kier alpha value is -1.99. The Morgan fingerprint density at radius 1 is 1.35 bits per heavy atom. The molecular weight excluding hydrogens is 329 g/mol. The van der Waals surface area contributed by atoms with E-state index in [-0.39, 0.29) is 30.8 Å². The number of likely N-dealkylation sites (tertiary alicyclic amines) is 1. The average Bonchev–Trinajstić information content (AvgIpc) is 2.73. The molecule has 1 aliphatic heterocycles. The summed E-state index contributed by atoms with van der Waals surface area (Å²) in [7, 11) is 0. The molecule has 1 heterocycles. The summed E-state index contributed by atoms with van der Waals surface area (Å²) in [4.78, 5) is 35.8. The first-order valence-electron chi connectivity index (χ1n) is 6.94. The van der Waals surface area contributed by atoms with Crippen molar-refractivity contribution in [3.63, 3.8) is 0 Å². The Kier molecular flexibility index (Phi) is 5.01. The van der Waals surface area contributed by atoms with Crippen molar-refractivity contribution in [2.75, 3.05) is 13.1 Å². The summed E-state index contributed by atoms with van der Waals surface area (Å²) in [6.45, 7) is -0.562. The van der Waals surface area contributed by atoms with E-state index in [4.69, 9.17) is 16.7 Å². The number of Topliss-reactive ketones (excluding diaryl/α,β-unsaturated/α-hetero) is 1. The third-order valence-electron chi connectivity index (χ3n) is 3.74. The fourth-order valence-electron chi connectivity index (χ4n) is 2.56. The van der Waals surface area contributed by atoms with Gasteiger partial charge in [0.25, 0.3) is 5.91 Å². The number of carboxylic acids is 1. The third kappa shape index (κ3) is 3.86. The number of aliphatic carboxylic acids is 1. The monoisotopic (exact) mass is 343 g/mol. The van der Waals surface area contributed by atoms with Gasteiger partial charge in [0.05, 0.1) is 0 Å². The number of aryl methyl sites for hydroxylation is 1. The lowest BCUT2D eigenvalue weighted by Crippen LogP contribution is -2.47. The number of rotatable bonds is 6. The highest BCUT2D eigenvalue weighted by molar-refractivity contribution is 6.30. The summed E-state index contributed by atoms with van der Waals surface area (Å²) in [5.74, 6) is -3.37. The van der Waals surface area contributed by atoms with Crippen LogP contribution in [-0.4, -0.2) is 51.5 Å². The maximum absolute atomic E-state index is 13.2. The van der Waals surface area contributed by atoms with Gasteiger partial charge in [0.15, 0.2) is 5.78 Å². The molecule has 2 N–H and O–H groups in total. The molecule has 1 aromatic carbocycles. The van der Waals surface area contributed by atoms with E-state index in [9.17, 15) is 23.9 Å². The topological polar surface area (TPSA) is 94.9 Å². The zero-order valence-corrected chi connectivity index (χ0v) is 12.8. The molecule has 1 fully saturated rings. The van der Waals surface area contributed by atoms with Crippen LogP contribution in [0.1, 0.15) is 18.4 Å². The number of carbonyl (C=O) groups excluding carboxylic acids is 2. The van der Waals surface area contributed by atoms with Crippen molar-refractivity contribution in [3.8, 4) is 0 Å². The molecule has 23 heavy (non-hydrogen) atoms. The predicted molar refractivity (Wildman–Crippen MR) is 78.5 cm³/mol. The van der Waals surface area contributed by atoms with Crippen LogP contribution in [0, 0.1) is 5.82 Å². The number of nitrogens with zero attached hydrogens (tertiary/aromatic N) is 1. The van der Waals surface area contributed by atoms with Crippen LogP contribution >= 0.6 is 11.6 Å². The minimum atomic E-state index is -2.20. The maximum Gasteiger partial charge on any atom is 0.323 e. The van der Waals surface area contributed by atoms with Crippen LogP contribution in [0.5, 0.6) is 0 Å². The summed E-state index contributed by atoms with van der Waals surface area (Å²) in [6.07, 6.45) is -0.213. The number of amides is 1. The lowest BCUT2D eigenvalue weighted by Gasteiger charge is -2.20. The Bertz CT molecular complexity index is 645. The summed E-state index contributed by atoms with van der Waals surface area (Å²) >= 11 is 5.72. The SMILES string of the molecule is O=C(O)CN1CCC(O)(C(=O)CCc2cc(F)cc(Cl)c2)C1=O. The molecule has 1 saturated heterocycles. The van der Waals surface area contributed by atoms with Gasteiger partial charge in [0.2, 0.25) is 5.60 Å². The molecular formula is C15H15ClFNO5. The Labute approximate surface area is 136 Å². The van der Waals surface area contributed by atoms with E-state index in [1.165, 1.54) is 12.1 Å². The van der Waals surface area contributed by atoms with Crippen LogP contribution in [0.15, 0.2) is 18.2 Å². The molecule has 1 aromatic rings. The lowest BCUT2D eigenvalue weighted by atomic mass is 9.92. The maximum atomic E-state index is 13.2. The van der Waals surface area contributed by atoms with Crippen LogP contribution < -0.4 is 0 Å². The van der Waals surface area contributed by atoms with Gasteiger partial charge in [-0.15, -0.1) is 0 Å². The van der Waals surface area contributed by atoms with Gasteiger partial charge in [-0.1, -0.05) is 11.6 Å². The van der Waals surface area contributed by atoms with E-state index in [1.54, 1.807) is 0 Å². The number of benzene rings is 1. The van der Waals surface area contributed by atoms with Gasteiger partial charge in [0, 0.05) is 24.4 Å². The zero-order valence-electron chi connectivity index (χ0n) is 12.1. The average molecular weight is 344 g/mol. The van der Waals surface area contributed by atoms with E-state index in [0.717, 1.165) is 11.0 Å². The van der Waals surface area contributed by atoms with Gasteiger partial charge in [-0.05, 0) is 30.2 Å². The molecule has 1 aliphatic rings. The molecule has 1 unspecified atom stereocenters. The molecule has 0 bridgehead atoms. The molecule has 0 radical (unpaired) electrons. The van der Waals surface area contributed by atoms with E-state index >= 15 is 0 Å². The van der Waals surface area contributed by atoms with Crippen molar-refractivity contribution >= 4 is 29.3 Å². The number of ketones is 1. The van der Waals surface area contributed by atoms with Crippen LogP contribution in [0.3, 0.4) is 0 Å². The number of halogens is 2. The molecule has 0 spiro atoms. The lowest BCUT2D eigenvalue weighted by molar-refractivity contribution is -0.155. The number of hydrogen-bond donors (Lipinski definition) is 2. The fraction of sp³-hybridized carbons (Fsp3) is 0.400. The predicted octanol–water partition coefficient (Wildman–Crippen LogP) is 1.03. The standard InChI is InChI=1S/C15H15ClFNO5/c16-10-5-9(6-11(17)7-10)1-2-12(19)15(23)3-4-18(14(15)22)8-13(20)21/h5-7,23H,1-4,8H2,(H,20,21). The Morgan fingerprint density at radius 3 is 2.65 bits per heavy atom. The molecule has 0 aromatic heterocycles. The van der Waals surface area contributed by atoms with Gasteiger partial charge < -0.3 is 15.1 Å². The summed E-state index contributed by atoms with van der Waals surface area (Å²) in [6, 6.07) is 3.84. The number of hydrogen-bond acceptors (Lipinski definition) is 4. The molecule has 8 heteroatoms. The molecule has 1 atom stereocenters. The minimum Gasteiger partial charge on any atom is -0.480 e.